The number of hydrogen-bond donors (Lipinski definition) is 2. The third kappa shape index (κ3) is 6.19. The molecule has 1 aromatic heterocycles. The summed E-state index contributed by atoms with van der Waals surface area (Å²) in [7, 11) is 5.78. The van der Waals surface area contributed by atoms with Crippen LogP contribution in [0, 0.1) is 5.82 Å². The van der Waals surface area contributed by atoms with Crippen molar-refractivity contribution in [1.82, 2.24) is 25.3 Å². The lowest BCUT2D eigenvalue weighted by molar-refractivity contribution is 0.298. The monoisotopic (exact) mass is 346 g/mol. The minimum Gasteiger partial charge on any atom is -0.356 e. The third-order valence-electron chi connectivity index (χ3n) is 3.98. The van der Waals surface area contributed by atoms with Gasteiger partial charge in [0, 0.05) is 39.1 Å². The maximum atomic E-state index is 13.1. The summed E-state index contributed by atoms with van der Waals surface area (Å²) in [6, 6.07) is 8.68. The van der Waals surface area contributed by atoms with E-state index in [4.69, 9.17) is 0 Å². The van der Waals surface area contributed by atoms with E-state index in [2.05, 4.69) is 25.6 Å². The molecule has 2 N–H and O–H groups in total. The number of likely N-dealkylation sites (N-methyl/N-ethyl adjacent to an activating group) is 1. The second-order valence-corrected chi connectivity index (χ2v) is 6.03. The molecule has 25 heavy (non-hydrogen) atoms. The van der Waals surface area contributed by atoms with Crippen molar-refractivity contribution >= 4 is 5.96 Å². The first-order valence-corrected chi connectivity index (χ1v) is 8.44. The minimum atomic E-state index is -0.219. The summed E-state index contributed by atoms with van der Waals surface area (Å²) in [4.78, 5) is 6.36. The first kappa shape index (κ1) is 18.9. The Bertz CT molecular complexity index is 636. The van der Waals surface area contributed by atoms with Gasteiger partial charge in [-0.15, -0.1) is 0 Å². The highest BCUT2D eigenvalue weighted by Gasteiger charge is 2.14. The Hall–Kier alpha value is -2.41. The van der Waals surface area contributed by atoms with E-state index in [0.29, 0.717) is 6.54 Å². The van der Waals surface area contributed by atoms with Gasteiger partial charge in [-0.05, 0) is 44.3 Å². The molecule has 0 aliphatic carbocycles. The fraction of sp³-hybridized carbons (Fsp3) is 0.444. The van der Waals surface area contributed by atoms with E-state index in [-0.39, 0.29) is 11.9 Å². The Morgan fingerprint density at radius 1 is 1.28 bits per heavy atom. The minimum absolute atomic E-state index is 0.128. The number of halogens is 1. The van der Waals surface area contributed by atoms with Gasteiger partial charge in [0.05, 0.1) is 6.04 Å². The van der Waals surface area contributed by atoms with E-state index < -0.39 is 0 Å². The molecule has 1 atom stereocenters. The van der Waals surface area contributed by atoms with Crippen LogP contribution in [-0.4, -0.2) is 54.9 Å². The molecule has 6 nitrogen and oxygen atoms in total. The molecule has 1 aromatic carbocycles. The van der Waals surface area contributed by atoms with Crippen molar-refractivity contribution in [3.63, 3.8) is 0 Å². The quantitative estimate of drug-likeness (QED) is 0.435. The predicted octanol–water partition coefficient (Wildman–Crippen LogP) is 1.88. The van der Waals surface area contributed by atoms with Crippen molar-refractivity contribution in [3.8, 4) is 0 Å². The molecule has 7 heteroatoms. The zero-order valence-corrected chi connectivity index (χ0v) is 15.1. The normalized spacial score (nSPS) is 13.1. The number of hydrogen-bond acceptors (Lipinski definition) is 3. The van der Waals surface area contributed by atoms with Crippen molar-refractivity contribution < 1.29 is 4.39 Å². The Morgan fingerprint density at radius 3 is 2.64 bits per heavy atom. The molecule has 0 aliphatic rings. The Kier molecular flexibility index (Phi) is 7.40. The molecule has 0 amide bonds. The highest BCUT2D eigenvalue weighted by Crippen LogP contribution is 2.17. The van der Waals surface area contributed by atoms with Gasteiger partial charge in [0.1, 0.15) is 5.82 Å². The van der Waals surface area contributed by atoms with Crippen LogP contribution in [0.3, 0.4) is 0 Å². The average molecular weight is 346 g/mol. The maximum absolute atomic E-state index is 13.1. The van der Waals surface area contributed by atoms with Gasteiger partial charge in [0.15, 0.2) is 5.96 Å². The molecule has 0 saturated carbocycles. The van der Waals surface area contributed by atoms with Crippen molar-refractivity contribution in [2.24, 2.45) is 4.99 Å². The molecule has 1 heterocycles. The second kappa shape index (κ2) is 9.78. The Labute approximate surface area is 148 Å². The van der Waals surface area contributed by atoms with Gasteiger partial charge >= 0.3 is 0 Å². The van der Waals surface area contributed by atoms with E-state index in [1.165, 1.54) is 12.1 Å². The topological polar surface area (TPSA) is 57.5 Å². The van der Waals surface area contributed by atoms with E-state index in [1.807, 2.05) is 43.2 Å². The molecule has 0 aliphatic heterocycles. The lowest BCUT2D eigenvalue weighted by atomic mass is 10.1. The summed E-state index contributed by atoms with van der Waals surface area (Å²) in [5.41, 5.74) is 1.06. The highest BCUT2D eigenvalue weighted by atomic mass is 19.1. The second-order valence-electron chi connectivity index (χ2n) is 6.03. The number of aryl methyl sites for hydroxylation is 1. The van der Waals surface area contributed by atoms with Gasteiger partial charge in [-0.25, -0.2) is 4.39 Å². The van der Waals surface area contributed by atoms with E-state index >= 15 is 0 Å². The lowest BCUT2D eigenvalue weighted by Gasteiger charge is -2.26. The van der Waals surface area contributed by atoms with Gasteiger partial charge < -0.3 is 15.5 Å². The molecule has 2 rings (SSSR count). The van der Waals surface area contributed by atoms with E-state index in [1.54, 1.807) is 13.2 Å². The van der Waals surface area contributed by atoms with Gasteiger partial charge in [-0.2, -0.15) is 5.10 Å². The van der Waals surface area contributed by atoms with Crippen molar-refractivity contribution in [3.05, 3.63) is 54.1 Å². The van der Waals surface area contributed by atoms with Crippen molar-refractivity contribution in [1.29, 1.82) is 0 Å². The van der Waals surface area contributed by atoms with Crippen molar-refractivity contribution in [2.45, 2.75) is 19.0 Å². The number of rotatable bonds is 8. The molecule has 0 fully saturated rings. The van der Waals surface area contributed by atoms with Crippen LogP contribution in [0.5, 0.6) is 0 Å². The standard InChI is InChI=1S/C18H27FN6/c1-20-18(21-10-4-12-25-13-5-11-23-25)22-14-17(24(2)3)15-6-8-16(19)9-7-15/h5-9,11,13,17H,4,10,12,14H2,1-3H3,(H2,20,21,22). The molecule has 1 unspecified atom stereocenters. The SMILES string of the molecule is CN=C(NCCCn1cccn1)NCC(c1ccc(F)cc1)N(C)C. The number of nitrogens with one attached hydrogen (secondary N) is 2. The summed E-state index contributed by atoms with van der Waals surface area (Å²) < 4.78 is 15.0. The molecule has 0 spiro atoms. The fourth-order valence-corrected chi connectivity index (χ4v) is 2.58. The summed E-state index contributed by atoms with van der Waals surface area (Å²) in [6.45, 7) is 2.35. The number of guanidine groups is 1. The number of nitrogens with zero attached hydrogens (tertiary/aromatic N) is 4. The van der Waals surface area contributed by atoms with Crippen molar-refractivity contribution in [2.75, 3.05) is 34.2 Å². The van der Waals surface area contributed by atoms with Crippen LogP contribution >= 0.6 is 0 Å². The fourth-order valence-electron chi connectivity index (χ4n) is 2.58. The van der Waals surface area contributed by atoms with Gasteiger partial charge in [0.25, 0.3) is 0 Å². The van der Waals surface area contributed by atoms with Crippen LogP contribution in [0.2, 0.25) is 0 Å². The smallest absolute Gasteiger partial charge is 0.191 e. The summed E-state index contributed by atoms with van der Waals surface area (Å²) in [6.07, 6.45) is 4.69. The Morgan fingerprint density at radius 2 is 2.04 bits per heavy atom. The first-order valence-electron chi connectivity index (χ1n) is 8.44. The molecule has 0 saturated heterocycles. The Balaban J connectivity index is 1.79. The molecule has 136 valence electrons. The van der Waals surface area contributed by atoms with Crippen LogP contribution in [0.15, 0.2) is 47.7 Å². The predicted molar refractivity (Wildman–Crippen MR) is 99.0 cm³/mol. The van der Waals surface area contributed by atoms with Crippen LogP contribution in [0.4, 0.5) is 4.39 Å². The van der Waals surface area contributed by atoms with E-state index in [9.17, 15) is 4.39 Å². The third-order valence-corrected chi connectivity index (χ3v) is 3.98. The number of aromatic nitrogens is 2. The van der Waals surface area contributed by atoms with Crippen LogP contribution in [0.1, 0.15) is 18.0 Å². The summed E-state index contributed by atoms with van der Waals surface area (Å²) in [5, 5.41) is 10.8. The molecule has 0 bridgehead atoms. The lowest BCUT2D eigenvalue weighted by Crippen LogP contribution is -2.42. The average Bonchev–Trinajstić information content (AvgIpc) is 3.11. The van der Waals surface area contributed by atoms with Gasteiger partial charge in [-0.1, -0.05) is 12.1 Å². The van der Waals surface area contributed by atoms with Crippen LogP contribution < -0.4 is 10.6 Å². The van der Waals surface area contributed by atoms with E-state index in [0.717, 1.165) is 31.0 Å². The molecule has 0 radical (unpaired) electrons. The molecular formula is C18H27FN6. The summed E-state index contributed by atoms with van der Waals surface area (Å²) >= 11 is 0. The van der Waals surface area contributed by atoms with Gasteiger partial charge in [0.2, 0.25) is 0 Å². The largest absolute Gasteiger partial charge is 0.356 e. The maximum Gasteiger partial charge on any atom is 0.191 e. The summed E-state index contributed by atoms with van der Waals surface area (Å²) in [5.74, 6) is 0.540. The zero-order valence-electron chi connectivity index (χ0n) is 15.1. The van der Waals surface area contributed by atoms with Gasteiger partial charge in [-0.3, -0.25) is 9.67 Å². The number of benzene rings is 1. The molecule has 2 aromatic rings. The highest BCUT2D eigenvalue weighted by molar-refractivity contribution is 5.79. The van der Waals surface area contributed by atoms with Crippen LogP contribution in [0.25, 0.3) is 0 Å². The van der Waals surface area contributed by atoms with Crippen LogP contribution in [-0.2, 0) is 6.54 Å². The first-order chi connectivity index (χ1) is 12.1. The molecular weight excluding hydrogens is 319 g/mol. The zero-order chi connectivity index (χ0) is 18.1. The number of aliphatic imine (C=N–C) groups is 1.